The van der Waals surface area contributed by atoms with Crippen molar-refractivity contribution >= 4 is 71.9 Å². The molecule has 12 atom stereocenters. The number of aromatic amines is 1. The third-order valence-corrected chi connectivity index (χ3v) is 14.5. The Morgan fingerprint density at radius 2 is 1.94 bits per heavy atom. The number of hydrogen-bond donors (Lipinski definition) is 6. The van der Waals surface area contributed by atoms with E-state index in [0.29, 0.717) is 22.2 Å². The number of rotatable bonds is 13. The summed E-state index contributed by atoms with van der Waals surface area (Å²) in [6.07, 6.45) is -1.25. The topological polar surface area (TPSA) is 220 Å². The molecular weight excluding hydrogens is 909 g/mol. The lowest BCUT2D eigenvalue weighted by molar-refractivity contribution is -0.322. The van der Waals surface area contributed by atoms with Gasteiger partial charge in [-0.2, -0.15) is 0 Å². The molecule has 2 fully saturated rings. The van der Waals surface area contributed by atoms with Crippen LogP contribution in [0.3, 0.4) is 0 Å². The number of nitrogens with zero attached hydrogens (tertiary/aromatic N) is 1. The predicted molar refractivity (Wildman–Crippen MR) is 253 cm³/mol. The number of pyridine rings is 1. The molecule has 0 spiro atoms. The molecule has 1 aromatic carbocycles. The summed E-state index contributed by atoms with van der Waals surface area (Å²) in [6.45, 7) is 5.86. The molecule has 2 aliphatic heterocycles. The van der Waals surface area contributed by atoms with Gasteiger partial charge in [0.25, 0.3) is 0 Å². The number of benzene rings is 1. The van der Waals surface area contributed by atoms with E-state index in [-0.39, 0.29) is 59.4 Å². The van der Waals surface area contributed by atoms with Crippen LogP contribution in [0.25, 0.3) is 21.8 Å². The molecule has 7 rings (SSSR count). The maximum Gasteiger partial charge on any atom is 0.407 e. The quantitative estimate of drug-likeness (QED) is 0.107. The van der Waals surface area contributed by atoms with Crippen LogP contribution in [0.1, 0.15) is 44.1 Å². The molecule has 2 aliphatic carbocycles. The highest BCUT2D eigenvalue weighted by Gasteiger charge is 2.61. The molecule has 2 saturated heterocycles. The van der Waals surface area contributed by atoms with E-state index < -0.39 is 87.4 Å². The minimum Gasteiger partial charge on any atom is -0.508 e. The molecule has 1 amide bonds. The van der Waals surface area contributed by atoms with Gasteiger partial charge in [0.15, 0.2) is 18.4 Å². The first-order valence-electron chi connectivity index (χ1n) is 21.3. The van der Waals surface area contributed by atoms with Gasteiger partial charge in [0.05, 0.1) is 49.1 Å². The van der Waals surface area contributed by atoms with Gasteiger partial charge in [0.2, 0.25) is 5.78 Å². The number of phenols is 1. The molecule has 66 heavy (non-hydrogen) atoms. The molecule has 0 bridgehead atoms. The summed E-state index contributed by atoms with van der Waals surface area (Å²) in [4.78, 5) is 49.8. The first-order valence-corrected chi connectivity index (χ1v) is 25.3. The lowest BCUT2D eigenvalue weighted by atomic mass is 9.83. The summed E-state index contributed by atoms with van der Waals surface area (Å²) in [6, 6.07) is 5.17. The molecule has 6 N–H and O–H groups in total. The highest BCUT2D eigenvalue weighted by molar-refractivity contribution is 8.28. The summed E-state index contributed by atoms with van der Waals surface area (Å²) in [7, 11) is 2.19. The van der Waals surface area contributed by atoms with Crippen LogP contribution < -0.4 is 10.6 Å². The number of aliphatic hydroxyl groups excluding tert-OH is 2. The first kappa shape index (κ1) is 49.4. The highest BCUT2D eigenvalue weighted by atomic mass is 32.8. The summed E-state index contributed by atoms with van der Waals surface area (Å²) in [5.74, 6) is 11.2. The third kappa shape index (κ3) is 10.0. The number of allylic oxidation sites excluding steroid dienone is 2. The number of amides is 1. The van der Waals surface area contributed by atoms with Gasteiger partial charge in [0, 0.05) is 65.9 Å². The fraction of sp³-hybridized carbons (Fsp3) is 0.489. The Hall–Kier alpha value is -4.48. The van der Waals surface area contributed by atoms with Gasteiger partial charge in [-0.15, -0.1) is 21.2 Å². The predicted octanol–water partition coefficient (Wildman–Crippen LogP) is 3.28. The van der Waals surface area contributed by atoms with Crippen LogP contribution in [0.2, 0.25) is 0 Å². The maximum atomic E-state index is 15.3. The number of phenolic OH excluding ortho intramolecular Hbond substituents is 1. The molecule has 0 saturated carbocycles. The Morgan fingerprint density at radius 3 is 2.65 bits per heavy atom. The van der Waals surface area contributed by atoms with Crippen LogP contribution in [0, 0.1) is 23.7 Å². The van der Waals surface area contributed by atoms with Gasteiger partial charge in [0.1, 0.15) is 40.5 Å². The highest BCUT2D eigenvalue weighted by Crippen LogP contribution is 2.46. The molecule has 0 radical (unpaired) electrons. The minimum absolute atomic E-state index is 0.0242. The van der Waals surface area contributed by atoms with E-state index in [2.05, 4.69) is 44.3 Å². The SMILES string of the molecule is COC(=O)NC1C(=O)C[C@H](O)/C(=C/CS(C)=S)C2=C1C#C/C=C\C#C[C@@H]2OC1OC(C)C(SC)(C(=O)c2nccc3c2[nH]c2cc(O)ccc23)C(O)C1OC1CC(OC)C(NC(C)C)CO1. The van der Waals surface area contributed by atoms with Gasteiger partial charge in [-0.25, -0.2) is 4.79 Å². The van der Waals surface area contributed by atoms with Crippen molar-refractivity contribution in [3.05, 3.63) is 71.1 Å². The van der Waals surface area contributed by atoms with Crippen LogP contribution >= 0.6 is 11.8 Å². The molecule has 352 valence electrons. The van der Waals surface area contributed by atoms with Crippen LogP contribution in [0.15, 0.2) is 65.4 Å². The number of nitrogens with one attached hydrogen (secondary N) is 3. The second kappa shape index (κ2) is 21.2. The van der Waals surface area contributed by atoms with Crippen molar-refractivity contribution in [3.63, 3.8) is 0 Å². The zero-order valence-corrected chi connectivity index (χ0v) is 39.9. The van der Waals surface area contributed by atoms with Crippen molar-refractivity contribution < 1.29 is 58.1 Å². The number of aromatic nitrogens is 2. The molecular formula is C47H54N4O12S3. The Balaban J connectivity index is 1.36. The Morgan fingerprint density at radius 1 is 1.17 bits per heavy atom. The molecule has 2 aromatic heterocycles. The van der Waals surface area contributed by atoms with E-state index in [1.165, 1.54) is 18.3 Å². The standard InChI is InChI=1S/C47H54N4O12S3/c1-24(2)49-32-23-60-37(22-36(32)58-4)63-42-44(56)47(65-6,43(55)41-40-28(16-18-48-41)27-15-14-26(52)20-31(27)50-40)25(3)61-45(42)62-35-13-11-9-8-10-12-30-38(35)29(17-19-66(7)64)33(53)21-34(54)39(30)51-46(57)59-5/h8-9,14-18,20,24-25,32-33,35-37,39,42,44-45,49-50,52-53,56H,19,21-23H2,1-7H3,(H,51,57)/b9-8-,29-17-/t25?,32?,33-,35-,36?,37?,39?,42?,44?,45?,47?,66?/m0/s1. The average molecular weight is 963 g/mol. The van der Waals surface area contributed by atoms with Gasteiger partial charge < -0.3 is 59.4 Å². The molecule has 19 heteroatoms. The summed E-state index contributed by atoms with van der Waals surface area (Å²) >= 11 is 6.60. The first-order chi connectivity index (χ1) is 31.6. The maximum absolute atomic E-state index is 15.3. The zero-order chi connectivity index (χ0) is 47.4. The minimum atomic E-state index is -1.78. The van der Waals surface area contributed by atoms with Crippen LogP contribution in [0.5, 0.6) is 5.75 Å². The molecule has 4 heterocycles. The Labute approximate surface area is 394 Å². The number of carbonyl (C=O) groups is 3. The van der Waals surface area contributed by atoms with E-state index in [4.69, 9.17) is 39.6 Å². The van der Waals surface area contributed by atoms with E-state index in [1.807, 2.05) is 20.1 Å². The third-order valence-electron chi connectivity index (χ3n) is 12.0. The number of carbonyl (C=O) groups excluding carboxylic acids is 3. The summed E-state index contributed by atoms with van der Waals surface area (Å²) in [5.41, 5.74) is 1.52. The van der Waals surface area contributed by atoms with Crippen molar-refractivity contribution in [3.8, 4) is 29.4 Å². The number of thioether (sulfide) groups is 1. The van der Waals surface area contributed by atoms with Crippen LogP contribution in [-0.4, -0.2) is 154 Å². The fourth-order valence-corrected chi connectivity index (χ4v) is 10.6. The lowest BCUT2D eigenvalue weighted by Crippen LogP contribution is -2.68. The number of alkyl carbamates (subject to hydrolysis) is 1. The monoisotopic (exact) mass is 962 g/mol. The summed E-state index contributed by atoms with van der Waals surface area (Å²) in [5, 5.41) is 42.5. The smallest absolute Gasteiger partial charge is 0.407 e. The number of H-pyrrole nitrogens is 1. The average Bonchev–Trinajstić information content (AvgIpc) is 3.65. The van der Waals surface area contributed by atoms with Crippen molar-refractivity contribution in [2.24, 2.45) is 0 Å². The zero-order valence-electron chi connectivity index (χ0n) is 37.5. The molecule has 16 nitrogen and oxygen atoms in total. The Kier molecular flexibility index (Phi) is 15.9. The van der Waals surface area contributed by atoms with E-state index in [1.54, 1.807) is 50.6 Å². The van der Waals surface area contributed by atoms with E-state index >= 15 is 4.79 Å². The second-order valence-corrected chi connectivity index (χ2v) is 20.8. The van der Waals surface area contributed by atoms with Crippen molar-refractivity contribution in [2.75, 3.05) is 39.1 Å². The number of aliphatic hydroxyl groups is 2. The van der Waals surface area contributed by atoms with Crippen LogP contribution in [0.4, 0.5) is 4.79 Å². The number of ether oxygens (including phenoxy) is 6. The normalized spacial score (nSPS) is 31.7. The van der Waals surface area contributed by atoms with Crippen LogP contribution in [-0.2, 0) is 53.9 Å². The summed E-state index contributed by atoms with van der Waals surface area (Å²) < 4.78 is 35.7. The number of Topliss-reactive ketones (excluding diaryl/α,β-unsaturated/α-hetero) is 2. The number of methoxy groups -OCH3 is 2. The van der Waals surface area contributed by atoms with E-state index in [9.17, 15) is 24.9 Å². The molecule has 10 unspecified atom stereocenters. The molecule has 3 aromatic rings. The number of hydrogen-bond acceptors (Lipinski definition) is 16. The largest absolute Gasteiger partial charge is 0.508 e. The lowest BCUT2D eigenvalue weighted by Gasteiger charge is -2.51. The van der Waals surface area contributed by atoms with E-state index in [0.717, 1.165) is 24.3 Å². The van der Waals surface area contributed by atoms with Gasteiger partial charge in [-0.05, 0) is 55.4 Å². The second-order valence-electron chi connectivity index (χ2n) is 16.5. The number of ketones is 2. The Bertz CT molecular complexity index is 2610. The molecule has 4 aliphatic rings. The van der Waals surface area contributed by atoms with Crippen molar-refractivity contribution in [2.45, 2.75) is 106 Å². The number of aromatic hydroxyl groups is 1. The van der Waals surface area contributed by atoms with Gasteiger partial charge >= 0.3 is 6.09 Å². The fourth-order valence-electron chi connectivity index (χ4n) is 8.91. The number of fused-ring (bicyclic) bond motifs is 3. The van der Waals surface area contributed by atoms with Gasteiger partial charge in [-0.1, -0.05) is 54.8 Å². The van der Waals surface area contributed by atoms with Crippen molar-refractivity contribution in [1.82, 2.24) is 20.6 Å². The van der Waals surface area contributed by atoms with Crippen molar-refractivity contribution in [1.29, 1.82) is 0 Å². The van der Waals surface area contributed by atoms with Gasteiger partial charge in [-0.3, -0.25) is 14.6 Å².